The topological polar surface area (TPSA) is 90.3 Å². The first-order valence-corrected chi connectivity index (χ1v) is 8.50. The zero-order valence-electron chi connectivity index (χ0n) is 11.9. The number of rotatable bonds is 4. The van der Waals surface area contributed by atoms with E-state index in [1.165, 1.54) is 49.7 Å². The van der Waals surface area contributed by atoms with Crippen molar-refractivity contribution in [1.29, 1.82) is 5.26 Å². The van der Waals surface area contributed by atoms with Gasteiger partial charge in [0.05, 0.1) is 10.5 Å². The molecule has 0 radical (unpaired) electrons. The van der Waals surface area contributed by atoms with Gasteiger partial charge in [0.25, 0.3) is 5.91 Å². The van der Waals surface area contributed by atoms with E-state index in [0.717, 1.165) is 4.31 Å². The summed E-state index contributed by atoms with van der Waals surface area (Å²) >= 11 is 1.23. The number of carbonyl (C=O) groups is 1. The first kappa shape index (κ1) is 16.2. The molecule has 0 aliphatic heterocycles. The van der Waals surface area contributed by atoms with Crippen molar-refractivity contribution in [3.8, 4) is 6.07 Å². The number of nitrogens with zero attached hydrogens (tertiary/aromatic N) is 2. The van der Waals surface area contributed by atoms with Crippen molar-refractivity contribution in [1.82, 2.24) is 4.31 Å². The minimum absolute atomic E-state index is 0.0387. The maximum atomic E-state index is 12.2. The van der Waals surface area contributed by atoms with Crippen LogP contribution in [0.4, 0.5) is 5.00 Å². The average molecular weight is 335 g/mol. The lowest BCUT2D eigenvalue weighted by Gasteiger charge is -2.12. The van der Waals surface area contributed by atoms with Gasteiger partial charge in [-0.25, -0.2) is 12.7 Å². The van der Waals surface area contributed by atoms with Crippen LogP contribution in [0.25, 0.3) is 0 Å². The van der Waals surface area contributed by atoms with Crippen molar-refractivity contribution in [3.63, 3.8) is 0 Å². The summed E-state index contributed by atoms with van der Waals surface area (Å²) in [6, 6.07) is 9.34. The highest BCUT2D eigenvalue weighted by Crippen LogP contribution is 2.23. The summed E-state index contributed by atoms with van der Waals surface area (Å²) in [5.74, 6) is -0.463. The Hall–Kier alpha value is -2.21. The standard InChI is InChI=1S/C14H13N3O3S2/c1-17(2)22(19,20)12-5-3-4-10(8-12)13(18)16-14-11(9-15)6-7-21-14/h3-8H,1-2H3,(H,16,18). The summed E-state index contributed by atoms with van der Waals surface area (Å²) in [5.41, 5.74) is 0.579. The van der Waals surface area contributed by atoms with Crippen LogP contribution in [0.3, 0.4) is 0 Å². The first-order valence-electron chi connectivity index (χ1n) is 6.18. The van der Waals surface area contributed by atoms with Crippen LogP contribution < -0.4 is 5.32 Å². The van der Waals surface area contributed by atoms with Crippen molar-refractivity contribution >= 4 is 32.3 Å². The smallest absolute Gasteiger partial charge is 0.256 e. The maximum absolute atomic E-state index is 12.2. The number of sulfonamides is 1. The van der Waals surface area contributed by atoms with Crippen LogP contribution in [0.5, 0.6) is 0 Å². The lowest BCUT2D eigenvalue weighted by Crippen LogP contribution is -2.22. The lowest BCUT2D eigenvalue weighted by atomic mass is 10.2. The Kier molecular flexibility index (Phi) is 4.61. The van der Waals surface area contributed by atoms with Crippen LogP contribution in [0.2, 0.25) is 0 Å². The predicted octanol–water partition coefficient (Wildman–Crippen LogP) is 2.12. The van der Waals surface area contributed by atoms with Gasteiger partial charge in [-0.2, -0.15) is 5.26 Å². The minimum atomic E-state index is -3.60. The van der Waals surface area contributed by atoms with E-state index in [1.807, 2.05) is 6.07 Å². The van der Waals surface area contributed by atoms with Gasteiger partial charge in [0.15, 0.2) is 0 Å². The molecule has 1 heterocycles. The van der Waals surface area contributed by atoms with Gasteiger partial charge >= 0.3 is 0 Å². The highest BCUT2D eigenvalue weighted by atomic mass is 32.2. The van der Waals surface area contributed by atoms with Gasteiger partial charge in [-0.1, -0.05) is 6.07 Å². The van der Waals surface area contributed by atoms with Crippen LogP contribution in [-0.2, 0) is 10.0 Å². The molecule has 8 heteroatoms. The van der Waals surface area contributed by atoms with Gasteiger partial charge in [0.2, 0.25) is 10.0 Å². The fourth-order valence-electron chi connectivity index (χ4n) is 1.68. The second-order valence-electron chi connectivity index (χ2n) is 4.54. The lowest BCUT2D eigenvalue weighted by molar-refractivity contribution is 0.102. The molecule has 2 rings (SSSR count). The third-order valence-corrected chi connectivity index (χ3v) is 5.53. The molecule has 1 N–H and O–H groups in total. The molecule has 0 bridgehead atoms. The van der Waals surface area contributed by atoms with Gasteiger partial charge in [-0.3, -0.25) is 4.79 Å². The van der Waals surface area contributed by atoms with Gasteiger partial charge in [-0.05, 0) is 29.6 Å². The van der Waals surface area contributed by atoms with E-state index in [4.69, 9.17) is 5.26 Å². The molecule has 1 aromatic carbocycles. The minimum Gasteiger partial charge on any atom is -0.312 e. The summed E-state index contributed by atoms with van der Waals surface area (Å²) in [4.78, 5) is 12.2. The van der Waals surface area contributed by atoms with Gasteiger partial charge in [0.1, 0.15) is 11.1 Å². The number of thiophene rings is 1. The molecular weight excluding hydrogens is 322 g/mol. The Morgan fingerprint density at radius 3 is 2.68 bits per heavy atom. The SMILES string of the molecule is CN(C)S(=O)(=O)c1cccc(C(=O)Nc2sccc2C#N)c1. The molecule has 0 fully saturated rings. The molecule has 22 heavy (non-hydrogen) atoms. The van der Waals surface area contributed by atoms with Crippen molar-refractivity contribution in [2.45, 2.75) is 4.90 Å². The second-order valence-corrected chi connectivity index (χ2v) is 7.61. The van der Waals surface area contributed by atoms with Crippen LogP contribution >= 0.6 is 11.3 Å². The zero-order valence-corrected chi connectivity index (χ0v) is 13.5. The molecule has 2 aromatic rings. The molecule has 1 amide bonds. The maximum Gasteiger partial charge on any atom is 0.256 e. The van der Waals surface area contributed by atoms with E-state index < -0.39 is 15.9 Å². The molecule has 0 unspecified atom stereocenters. The summed E-state index contributed by atoms with van der Waals surface area (Å²) in [7, 11) is -0.757. The van der Waals surface area contributed by atoms with Crippen molar-refractivity contribution < 1.29 is 13.2 Å². The second kappa shape index (κ2) is 6.27. The van der Waals surface area contributed by atoms with Gasteiger partial charge < -0.3 is 5.32 Å². The number of carbonyl (C=O) groups excluding carboxylic acids is 1. The Morgan fingerprint density at radius 1 is 1.32 bits per heavy atom. The average Bonchev–Trinajstić information content (AvgIpc) is 2.94. The Morgan fingerprint density at radius 2 is 2.05 bits per heavy atom. The monoisotopic (exact) mass is 335 g/mol. The summed E-state index contributed by atoms with van der Waals surface area (Å²) in [5, 5.41) is 13.7. The largest absolute Gasteiger partial charge is 0.312 e. The Bertz CT molecular complexity index is 848. The molecule has 0 atom stereocenters. The molecule has 6 nitrogen and oxygen atoms in total. The van der Waals surface area contributed by atoms with E-state index >= 15 is 0 Å². The highest BCUT2D eigenvalue weighted by Gasteiger charge is 2.19. The summed E-state index contributed by atoms with van der Waals surface area (Å²) in [6.45, 7) is 0. The predicted molar refractivity (Wildman–Crippen MR) is 84.3 cm³/mol. The number of amides is 1. The van der Waals surface area contributed by atoms with E-state index in [9.17, 15) is 13.2 Å². The van der Waals surface area contributed by atoms with Crippen molar-refractivity contribution in [2.75, 3.05) is 19.4 Å². The molecule has 0 spiro atoms. The van der Waals surface area contributed by atoms with Crippen LogP contribution in [-0.4, -0.2) is 32.7 Å². The van der Waals surface area contributed by atoms with Crippen LogP contribution in [0.1, 0.15) is 15.9 Å². The quantitative estimate of drug-likeness (QED) is 0.926. The molecular formula is C14H13N3O3S2. The van der Waals surface area contributed by atoms with Crippen molar-refractivity contribution in [2.24, 2.45) is 0 Å². The number of hydrogen-bond acceptors (Lipinski definition) is 5. The first-order chi connectivity index (χ1) is 10.4. The molecule has 1 aromatic heterocycles. The van der Waals surface area contributed by atoms with Crippen LogP contribution in [0, 0.1) is 11.3 Å². The summed E-state index contributed by atoms with van der Waals surface area (Å²) in [6.07, 6.45) is 0. The van der Waals surface area contributed by atoms with Gasteiger partial charge in [-0.15, -0.1) is 11.3 Å². The molecule has 0 saturated carbocycles. The number of anilines is 1. The third kappa shape index (κ3) is 3.17. The fraction of sp³-hybridized carbons (Fsp3) is 0.143. The highest BCUT2D eigenvalue weighted by molar-refractivity contribution is 7.89. The third-order valence-electron chi connectivity index (χ3n) is 2.89. The molecule has 0 saturated heterocycles. The van der Waals surface area contributed by atoms with E-state index in [0.29, 0.717) is 10.6 Å². The Balaban J connectivity index is 2.31. The molecule has 114 valence electrons. The number of nitriles is 1. The van der Waals surface area contributed by atoms with Crippen LogP contribution in [0.15, 0.2) is 40.6 Å². The number of nitrogens with one attached hydrogen (secondary N) is 1. The van der Waals surface area contributed by atoms with Gasteiger partial charge in [0, 0.05) is 19.7 Å². The molecule has 0 aliphatic rings. The van der Waals surface area contributed by atoms with E-state index in [-0.39, 0.29) is 10.5 Å². The fourth-order valence-corrected chi connectivity index (χ4v) is 3.36. The number of hydrogen-bond donors (Lipinski definition) is 1. The summed E-state index contributed by atoms with van der Waals surface area (Å²) < 4.78 is 25.2. The number of benzene rings is 1. The Labute approximate surface area is 132 Å². The molecule has 0 aliphatic carbocycles. The van der Waals surface area contributed by atoms with E-state index in [2.05, 4.69) is 5.32 Å². The normalized spacial score (nSPS) is 11.2. The van der Waals surface area contributed by atoms with Crippen molar-refractivity contribution in [3.05, 3.63) is 46.8 Å². The van der Waals surface area contributed by atoms with E-state index in [1.54, 1.807) is 11.4 Å². The zero-order chi connectivity index (χ0) is 16.3.